The van der Waals surface area contributed by atoms with Crippen molar-refractivity contribution < 1.29 is 24.1 Å². The van der Waals surface area contributed by atoms with Crippen LogP contribution in [0.3, 0.4) is 0 Å². The van der Waals surface area contributed by atoms with Crippen LogP contribution in [-0.2, 0) is 9.47 Å². The summed E-state index contributed by atoms with van der Waals surface area (Å²) in [4.78, 5) is 0. The topological polar surface area (TPSA) is 57.2 Å². The average molecular weight is 382 g/mol. The van der Waals surface area contributed by atoms with Crippen LogP contribution in [0.25, 0.3) is 11.1 Å². The molecule has 148 valence electrons. The smallest absolute Gasteiger partial charge is 0.199 e. The summed E-state index contributed by atoms with van der Waals surface area (Å²) in [6, 6.07) is 11.8. The Morgan fingerprint density at radius 2 is 1.21 bits per heavy atom. The van der Waals surface area contributed by atoms with E-state index in [1.807, 2.05) is 36.4 Å². The van der Waals surface area contributed by atoms with E-state index in [1.165, 1.54) is 0 Å². The van der Waals surface area contributed by atoms with E-state index < -0.39 is 6.10 Å². The minimum atomic E-state index is -0.684. The molecule has 0 amide bonds. The van der Waals surface area contributed by atoms with Gasteiger partial charge in [0.25, 0.3) is 0 Å². The Labute approximate surface area is 165 Å². The molecule has 2 saturated heterocycles. The van der Waals surface area contributed by atoms with Crippen molar-refractivity contribution in [3.63, 3.8) is 0 Å². The molecule has 2 aliphatic heterocycles. The van der Waals surface area contributed by atoms with Crippen molar-refractivity contribution in [3.8, 4) is 22.6 Å². The molecule has 28 heavy (non-hydrogen) atoms. The molecule has 3 aliphatic rings. The Kier molecular flexibility index (Phi) is 4.97. The lowest BCUT2D eigenvalue weighted by Gasteiger charge is -2.23. The van der Waals surface area contributed by atoms with Gasteiger partial charge in [0.1, 0.15) is 17.6 Å². The van der Waals surface area contributed by atoms with Crippen molar-refractivity contribution in [3.05, 3.63) is 47.5 Å². The van der Waals surface area contributed by atoms with E-state index in [-0.39, 0.29) is 12.6 Å². The van der Waals surface area contributed by atoms with Gasteiger partial charge in [0.2, 0.25) is 0 Å². The highest BCUT2D eigenvalue weighted by atomic mass is 16.7. The van der Waals surface area contributed by atoms with E-state index >= 15 is 0 Å². The largest absolute Gasteiger partial charge is 0.465 e. The first-order valence-corrected chi connectivity index (χ1v) is 10.3. The molecule has 2 fully saturated rings. The number of aliphatic hydroxyl groups is 1. The molecular formula is C23H26O5. The van der Waals surface area contributed by atoms with Gasteiger partial charge in [-0.1, -0.05) is 12.1 Å². The van der Waals surface area contributed by atoms with Crippen molar-refractivity contribution in [2.45, 2.75) is 57.2 Å². The van der Waals surface area contributed by atoms with E-state index in [0.717, 1.165) is 85.5 Å². The standard InChI is InChI=1S/C23H26O5/c24-23-19-13-15(27-21-5-1-3-11-25-21)7-9-17(19)18-10-8-16(14-20(18)23)28-22-6-2-4-12-26-22/h7-10,13-14,21-24H,1-6,11-12H2. The van der Waals surface area contributed by atoms with Crippen molar-refractivity contribution in [2.75, 3.05) is 13.2 Å². The van der Waals surface area contributed by atoms with Gasteiger partial charge in [-0.2, -0.15) is 0 Å². The highest BCUT2D eigenvalue weighted by Gasteiger charge is 2.29. The van der Waals surface area contributed by atoms with Crippen molar-refractivity contribution >= 4 is 0 Å². The van der Waals surface area contributed by atoms with Crippen LogP contribution < -0.4 is 9.47 Å². The summed E-state index contributed by atoms with van der Waals surface area (Å²) >= 11 is 0. The van der Waals surface area contributed by atoms with Crippen LogP contribution in [0.4, 0.5) is 0 Å². The second-order valence-corrected chi connectivity index (χ2v) is 7.73. The molecule has 2 unspecified atom stereocenters. The normalized spacial score (nSPS) is 26.4. The number of benzene rings is 2. The molecular weight excluding hydrogens is 356 g/mol. The summed E-state index contributed by atoms with van der Waals surface area (Å²) in [7, 11) is 0. The highest BCUT2D eigenvalue weighted by Crippen LogP contribution is 2.46. The van der Waals surface area contributed by atoms with Crippen molar-refractivity contribution in [1.29, 1.82) is 0 Å². The molecule has 2 heterocycles. The average Bonchev–Trinajstić information content (AvgIpc) is 3.01. The van der Waals surface area contributed by atoms with Crippen LogP contribution in [0.15, 0.2) is 36.4 Å². The number of ether oxygens (including phenoxy) is 4. The molecule has 5 rings (SSSR count). The maximum absolute atomic E-state index is 10.9. The predicted molar refractivity (Wildman–Crippen MR) is 104 cm³/mol. The van der Waals surface area contributed by atoms with Crippen LogP contribution >= 0.6 is 0 Å². The molecule has 0 bridgehead atoms. The zero-order chi connectivity index (χ0) is 18.9. The second kappa shape index (κ2) is 7.74. The van der Waals surface area contributed by atoms with E-state index in [1.54, 1.807) is 0 Å². The van der Waals surface area contributed by atoms with E-state index in [4.69, 9.17) is 18.9 Å². The van der Waals surface area contributed by atoms with E-state index in [0.29, 0.717) is 0 Å². The fourth-order valence-electron chi connectivity index (χ4n) is 4.25. The number of rotatable bonds is 4. The van der Waals surface area contributed by atoms with Gasteiger partial charge in [-0.3, -0.25) is 0 Å². The lowest BCUT2D eigenvalue weighted by atomic mass is 10.1. The van der Waals surface area contributed by atoms with Gasteiger partial charge in [-0.25, -0.2) is 0 Å². The third kappa shape index (κ3) is 3.50. The van der Waals surface area contributed by atoms with E-state index in [2.05, 4.69) is 0 Å². The lowest BCUT2D eigenvalue weighted by molar-refractivity contribution is -0.106. The van der Waals surface area contributed by atoms with Crippen LogP contribution in [0.1, 0.15) is 55.8 Å². The molecule has 2 atom stereocenters. The first-order valence-electron chi connectivity index (χ1n) is 10.3. The summed E-state index contributed by atoms with van der Waals surface area (Å²) in [6.45, 7) is 1.49. The summed E-state index contributed by atoms with van der Waals surface area (Å²) < 4.78 is 23.3. The zero-order valence-electron chi connectivity index (χ0n) is 15.9. The van der Waals surface area contributed by atoms with Crippen LogP contribution in [0, 0.1) is 0 Å². The highest BCUT2D eigenvalue weighted by molar-refractivity contribution is 5.79. The van der Waals surface area contributed by atoms with Gasteiger partial charge in [-0.05, 0) is 72.2 Å². The summed E-state index contributed by atoms with van der Waals surface area (Å²) in [5, 5.41) is 10.9. The quantitative estimate of drug-likeness (QED) is 0.840. The molecule has 2 aromatic rings. The lowest BCUT2D eigenvalue weighted by Crippen LogP contribution is -2.25. The van der Waals surface area contributed by atoms with Gasteiger partial charge in [-0.15, -0.1) is 0 Å². The molecule has 1 aliphatic carbocycles. The Hall–Kier alpha value is -2.08. The minimum Gasteiger partial charge on any atom is -0.465 e. The van der Waals surface area contributed by atoms with Crippen LogP contribution in [0.2, 0.25) is 0 Å². The van der Waals surface area contributed by atoms with Crippen molar-refractivity contribution in [1.82, 2.24) is 0 Å². The van der Waals surface area contributed by atoms with Crippen LogP contribution in [0.5, 0.6) is 11.5 Å². The predicted octanol–water partition coefficient (Wildman–Crippen LogP) is 4.56. The number of aliphatic hydroxyl groups excluding tert-OH is 1. The van der Waals surface area contributed by atoms with Crippen molar-refractivity contribution in [2.24, 2.45) is 0 Å². The molecule has 1 N–H and O–H groups in total. The molecule has 0 aromatic heterocycles. The molecule has 0 spiro atoms. The first-order chi connectivity index (χ1) is 13.8. The van der Waals surface area contributed by atoms with Gasteiger partial charge < -0.3 is 24.1 Å². The summed E-state index contributed by atoms with van der Waals surface area (Å²) in [5.74, 6) is 1.48. The maximum Gasteiger partial charge on any atom is 0.199 e. The zero-order valence-corrected chi connectivity index (χ0v) is 15.9. The Balaban J connectivity index is 1.35. The second-order valence-electron chi connectivity index (χ2n) is 7.73. The molecule has 5 heteroatoms. The third-order valence-corrected chi connectivity index (χ3v) is 5.74. The number of hydrogen-bond acceptors (Lipinski definition) is 5. The molecule has 5 nitrogen and oxygen atoms in total. The molecule has 2 aromatic carbocycles. The Morgan fingerprint density at radius 1 is 0.714 bits per heavy atom. The fraction of sp³-hybridized carbons (Fsp3) is 0.478. The number of fused-ring (bicyclic) bond motifs is 3. The summed E-state index contributed by atoms with van der Waals surface area (Å²) in [6.07, 6.45) is 5.17. The molecule has 0 saturated carbocycles. The van der Waals surface area contributed by atoms with E-state index in [9.17, 15) is 5.11 Å². The number of hydrogen-bond donors (Lipinski definition) is 1. The minimum absolute atomic E-state index is 0.191. The third-order valence-electron chi connectivity index (χ3n) is 5.74. The van der Waals surface area contributed by atoms with Gasteiger partial charge in [0.15, 0.2) is 12.6 Å². The Morgan fingerprint density at radius 3 is 1.64 bits per heavy atom. The van der Waals surface area contributed by atoms with Crippen LogP contribution in [-0.4, -0.2) is 30.9 Å². The maximum atomic E-state index is 10.9. The monoisotopic (exact) mass is 382 g/mol. The van der Waals surface area contributed by atoms with Gasteiger partial charge >= 0.3 is 0 Å². The molecule has 0 radical (unpaired) electrons. The Bertz CT molecular complexity index is 767. The summed E-state index contributed by atoms with van der Waals surface area (Å²) in [5.41, 5.74) is 3.82. The fourth-order valence-corrected chi connectivity index (χ4v) is 4.25. The van der Waals surface area contributed by atoms with Gasteiger partial charge in [0.05, 0.1) is 13.2 Å². The first kappa shape index (κ1) is 18.0. The SMILES string of the molecule is OC1c2cc(OC3CCCCO3)ccc2-c2ccc(OC3CCCCO3)cc21. The van der Waals surface area contributed by atoms with Gasteiger partial charge in [0, 0.05) is 12.8 Å².